The van der Waals surface area contributed by atoms with Crippen molar-refractivity contribution in [1.29, 1.82) is 0 Å². The standard InChI is InChI=1S/C26H27NO5/c1-27-12-11-26-19-9-10-21(31-25(29)15-5-7-18(30-2)8-6-15)24(26)32-23-17(14-28)4-3-16(22(23)26)13-20(19)27/h3-8,10,19-20,24,28H,9,11-14H2,1-2H3. The Bertz CT molecular complexity index is 1120. The first-order chi connectivity index (χ1) is 15.6. The molecule has 2 aliphatic heterocycles. The number of ether oxygens (including phenoxy) is 3. The molecule has 2 aromatic rings. The smallest absolute Gasteiger partial charge is 0.343 e. The van der Waals surface area contributed by atoms with Crippen LogP contribution in [-0.4, -0.2) is 48.8 Å². The highest BCUT2D eigenvalue weighted by Crippen LogP contribution is 2.62. The molecule has 0 saturated carbocycles. The summed E-state index contributed by atoms with van der Waals surface area (Å²) in [4.78, 5) is 15.4. The van der Waals surface area contributed by atoms with E-state index in [2.05, 4.69) is 24.1 Å². The first-order valence-electron chi connectivity index (χ1n) is 11.3. The van der Waals surface area contributed by atoms with Gasteiger partial charge in [-0.25, -0.2) is 4.79 Å². The second kappa shape index (κ2) is 7.09. The predicted octanol–water partition coefficient (Wildman–Crippen LogP) is 3.21. The summed E-state index contributed by atoms with van der Waals surface area (Å²) in [6.45, 7) is 0.910. The van der Waals surface area contributed by atoms with E-state index in [4.69, 9.17) is 14.2 Å². The summed E-state index contributed by atoms with van der Waals surface area (Å²) in [5.41, 5.74) is 3.62. The third-order valence-corrected chi connectivity index (χ3v) is 8.03. The Morgan fingerprint density at radius 2 is 2.06 bits per heavy atom. The topological polar surface area (TPSA) is 68.2 Å². The van der Waals surface area contributed by atoms with Crippen LogP contribution in [0.4, 0.5) is 0 Å². The number of carbonyl (C=O) groups excluding carboxylic acids is 1. The maximum absolute atomic E-state index is 13.0. The Hall–Kier alpha value is -2.83. The van der Waals surface area contributed by atoms with Crippen LogP contribution in [0.2, 0.25) is 0 Å². The van der Waals surface area contributed by atoms with Gasteiger partial charge in [0.05, 0.1) is 19.3 Å². The van der Waals surface area contributed by atoms with Gasteiger partial charge in [0.25, 0.3) is 0 Å². The highest BCUT2D eigenvalue weighted by molar-refractivity contribution is 5.90. The van der Waals surface area contributed by atoms with E-state index < -0.39 is 5.97 Å². The lowest BCUT2D eigenvalue weighted by Gasteiger charge is -2.56. The Morgan fingerprint density at radius 3 is 2.81 bits per heavy atom. The van der Waals surface area contributed by atoms with Crippen LogP contribution in [0.5, 0.6) is 11.5 Å². The summed E-state index contributed by atoms with van der Waals surface area (Å²) in [5, 5.41) is 9.98. The molecule has 2 aromatic carbocycles. The van der Waals surface area contributed by atoms with E-state index in [0.29, 0.717) is 29.0 Å². The van der Waals surface area contributed by atoms with E-state index in [9.17, 15) is 9.90 Å². The van der Waals surface area contributed by atoms with Crippen molar-refractivity contribution in [2.24, 2.45) is 5.92 Å². The normalized spacial score (nSPS) is 29.6. The van der Waals surface area contributed by atoms with Gasteiger partial charge in [-0.3, -0.25) is 0 Å². The molecule has 166 valence electrons. The van der Waals surface area contributed by atoms with Gasteiger partial charge >= 0.3 is 5.97 Å². The molecule has 2 aliphatic carbocycles. The molecule has 1 saturated heterocycles. The Labute approximate surface area is 187 Å². The van der Waals surface area contributed by atoms with E-state index in [0.717, 1.165) is 37.1 Å². The Morgan fingerprint density at radius 1 is 1.25 bits per heavy atom. The molecule has 2 heterocycles. The van der Waals surface area contributed by atoms with Crippen LogP contribution in [0, 0.1) is 5.92 Å². The zero-order valence-corrected chi connectivity index (χ0v) is 18.3. The summed E-state index contributed by atoms with van der Waals surface area (Å²) < 4.78 is 17.7. The summed E-state index contributed by atoms with van der Waals surface area (Å²) in [7, 11) is 3.80. The van der Waals surface area contributed by atoms with Crippen molar-refractivity contribution in [2.75, 3.05) is 20.7 Å². The largest absolute Gasteiger partial charge is 0.497 e. The molecule has 6 nitrogen and oxygen atoms in total. The molecule has 4 aliphatic rings. The molecule has 0 aromatic heterocycles. The van der Waals surface area contributed by atoms with Crippen LogP contribution in [0.1, 0.15) is 39.9 Å². The van der Waals surface area contributed by atoms with Crippen LogP contribution in [0.15, 0.2) is 48.2 Å². The Balaban J connectivity index is 1.40. The molecule has 4 unspecified atom stereocenters. The van der Waals surface area contributed by atoms with Crippen LogP contribution in [-0.2, 0) is 23.2 Å². The zero-order valence-electron chi connectivity index (χ0n) is 18.3. The van der Waals surface area contributed by atoms with Crippen LogP contribution >= 0.6 is 0 Å². The maximum Gasteiger partial charge on any atom is 0.343 e. The number of rotatable bonds is 4. The van der Waals surface area contributed by atoms with Crippen molar-refractivity contribution in [1.82, 2.24) is 4.90 Å². The fraction of sp³-hybridized carbons (Fsp3) is 0.423. The molecule has 1 N–H and O–H groups in total. The molecule has 32 heavy (non-hydrogen) atoms. The van der Waals surface area contributed by atoms with Crippen molar-refractivity contribution < 1.29 is 24.1 Å². The van der Waals surface area contributed by atoms with Gasteiger partial charge < -0.3 is 24.2 Å². The molecular formula is C26H27NO5. The first kappa shape index (κ1) is 19.8. The lowest BCUT2D eigenvalue weighted by Crippen LogP contribution is -2.63. The fourth-order valence-electron chi connectivity index (χ4n) is 6.50. The summed E-state index contributed by atoms with van der Waals surface area (Å²) >= 11 is 0. The lowest BCUT2D eigenvalue weighted by molar-refractivity contribution is -0.0271. The number of hydrogen-bond donors (Lipinski definition) is 1. The van der Waals surface area contributed by atoms with Crippen molar-refractivity contribution in [2.45, 2.75) is 43.4 Å². The van der Waals surface area contributed by atoms with E-state index >= 15 is 0 Å². The minimum absolute atomic E-state index is 0.0654. The molecule has 0 radical (unpaired) electrons. The van der Waals surface area contributed by atoms with Crippen LogP contribution in [0.25, 0.3) is 0 Å². The van der Waals surface area contributed by atoms with Crippen LogP contribution in [0.3, 0.4) is 0 Å². The first-order valence-corrected chi connectivity index (χ1v) is 11.3. The van der Waals surface area contributed by atoms with Crippen LogP contribution < -0.4 is 9.47 Å². The molecule has 4 atom stereocenters. The highest BCUT2D eigenvalue weighted by Gasteiger charge is 2.64. The number of allylic oxidation sites excluding steroid dienone is 1. The lowest BCUT2D eigenvalue weighted by atomic mass is 9.53. The number of piperidine rings is 1. The number of likely N-dealkylation sites (N-methyl/N-ethyl adjacent to an activating group) is 1. The van der Waals surface area contributed by atoms with E-state index in [-0.39, 0.29) is 18.1 Å². The summed E-state index contributed by atoms with van der Waals surface area (Å²) in [6, 6.07) is 11.5. The number of esters is 1. The molecule has 6 rings (SSSR count). The molecule has 0 amide bonds. The highest BCUT2D eigenvalue weighted by atomic mass is 16.6. The predicted molar refractivity (Wildman–Crippen MR) is 118 cm³/mol. The molecule has 1 fully saturated rings. The fourth-order valence-corrected chi connectivity index (χ4v) is 6.50. The number of carbonyl (C=O) groups is 1. The zero-order chi connectivity index (χ0) is 22.0. The molecule has 2 bridgehead atoms. The number of aliphatic hydroxyl groups excluding tert-OH is 1. The van der Waals surface area contributed by atoms with Gasteiger partial charge in [0.1, 0.15) is 17.3 Å². The minimum Gasteiger partial charge on any atom is -0.497 e. The third-order valence-electron chi connectivity index (χ3n) is 8.03. The monoisotopic (exact) mass is 433 g/mol. The van der Waals surface area contributed by atoms with Gasteiger partial charge in [-0.2, -0.15) is 0 Å². The van der Waals surface area contributed by atoms with Crippen molar-refractivity contribution in [3.05, 3.63) is 70.5 Å². The van der Waals surface area contributed by atoms with Crippen molar-refractivity contribution >= 4 is 5.97 Å². The van der Waals surface area contributed by atoms with E-state index in [1.165, 1.54) is 11.1 Å². The van der Waals surface area contributed by atoms with Gasteiger partial charge in [-0.15, -0.1) is 0 Å². The molecular weight excluding hydrogens is 406 g/mol. The number of aliphatic hydroxyl groups is 1. The van der Waals surface area contributed by atoms with Gasteiger partial charge in [0.15, 0.2) is 6.10 Å². The van der Waals surface area contributed by atoms with Gasteiger partial charge in [0.2, 0.25) is 0 Å². The number of benzene rings is 2. The number of likely N-dealkylation sites (tertiary alicyclic amines) is 1. The number of nitrogens with zero attached hydrogens (tertiary/aromatic N) is 1. The second-order valence-electron chi connectivity index (χ2n) is 9.35. The average Bonchev–Trinajstić information content (AvgIpc) is 3.17. The summed E-state index contributed by atoms with van der Waals surface area (Å²) in [5.74, 6) is 2.10. The molecule has 6 heteroatoms. The SMILES string of the molecule is COc1ccc(C(=O)OC2=CCC3C4Cc5ccc(CO)c6c5C3(CCN4C)C2O6)cc1. The summed E-state index contributed by atoms with van der Waals surface area (Å²) in [6.07, 6.45) is 4.49. The van der Waals surface area contributed by atoms with E-state index in [1.54, 1.807) is 31.4 Å². The number of hydrogen-bond acceptors (Lipinski definition) is 6. The third kappa shape index (κ3) is 2.57. The van der Waals surface area contributed by atoms with Gasteiger partial charge in [-0.1, -0.05) is 12.1 Å². The molecule has 1 spiro atoms. The average molecular weight is 434 g/mol. The van der Waals surface area contributed by atoms with Gasteiger partial charge in [0, 0.05) is 22.6 Å². The van der Waals surface area contributed by atoms with Crippen molar-refractivity contribution in [3.8, 4) is 11.5 Å². The number of methoxy groups -OCH3 is 1. The van der Waals surface area contributed by atoms with Gasteiger partial charge in [-0.05, 0) is 74.7 Å². The second-order valence-corrected chi connectivity index (χ2v) is 9.35. The minimum atomic E-state index is -0.392. The van der Waals surface area contributed by atoms with Crippen molar-refractivity contribution in [3.63, 3.8) is 0 Å². The quantitative estimate of drug-likeness (QED) is 0.747. The van der Waals surface area contributed by atoms with E-state index in [1.807, 2.05) is 6.07 Å². The Kier molecular flexibility index (Phi) is 4.39. The maximum atomic E-state index is 13.0.